The van der Waals surface area contributed by atoms with Gasteiger partial charge in [-0.1, -0.05) is 29.9 Å². The van der Waals surface area contributed by atoms with Gasteiger partial charge >= 0.3 is 0 Å². The van der Waals surface area contributed by atoms with Gasteiger partial charge in [0.25, 0.3) is 0 Å². The molecule has 4 rings (SSSR count). The maximum absolute atomic E-state index is 13.0. The number of hydrogen-bond donors (Lipinski definition) is 1. The van der Waals surface area contributed by atoms with Crippen LogP contribution in [-0.4, -0.2) is 43.6 Å². The number of piperidine rings is 1. The number of likely N-dealkylation sites (tertiary alicyclic amines) is 1. The molecule has 2 aromatic heterocycles. The molecule has 0 spiro atoms. The smallest absolute Gasteiger partial charge is 0.241 e. The fourth-order valence-electron chi connectivity index (χ4n) is 3.44. The van der Waals surface area contributed by atoms with Crippen molar-refractivity contribution in [3.05, 3.63) is 53.6 Å². The van der Waals surface area contributed by atoms with Crippen molar-refractivity contribution in [3.8, 4) is 10.6 Å². The average molecular weight is 395 g/mol. The zero-order valence-electron chi connectivity index (χ0n) is 15.7. The molecule has 1 atom stereocenters. The van der Waals surface area contributed by atoms with Crippen molar-refractivity contribution < 1.29 is 4.79 Å². The van der Waals surface area contributed by atoms with Gasteiger partial charge in [0.05, 0.1) is 12.6 Å². The summed E-state index contributed by atoms with van der Waals surface area (Å²) < 4.78 is 0. The lowest BCUT2D eigenvalue weighted by Gasteiger charge is -2.34. The summed E-state index contributed by atoms with van der Waals surface area (Å²) in [6.45, 7) is 3.39. The first kappa shape index (κ1) is 18.6. The zero-order valence-corrected chi connectivity index (χ0v) is 16.5. The second-order valence-corrected chi connectivity index (χ2v) is 8.03. The van der Waals surface area contributed by atoms with Crippen molar-refractivity contribution in [1.29, 1.82) is 0 Å². The predicted octanol–water partition coefficient (Wildman–Crippen LogP) is 3.30. The van der Waals surface area contributed by atoms with Crippen molar-refractivity contribution in [2.24, 2.45) is 0 Å². The highest BCUT2D eigenvalue weighted by atomic mass is 32.1. The van der Waals surface area contributed by atoms with Gasteiger partial charge in [0.2, 0.25) is 5.91 Å². The molecule has 0 radical (unpaired) electrons. The number of benzene rings is 1. The Hall–Kier alpha value is -2.71. The van der Waals surface area contributed by atoms with Gasteiger partial charge in [-0.25, -0.2) is 9.97 Å². The number of carbonyl (C=O) groups is 1. The summed E-state index contributed by atoms with van der Waals surface area (Å²) >= 11 is 1.54. The van der Waals surface area contributed by atoms with Crippen LogP contribution in [0, 0.1) is 6.92 Å². The molecule has 1 amide bonds. The van der Waals surface area contributed by atoms with Crippen LogP contribution >= 0.6 is 11.3 Å². The molecule has 0 unspecified atom stereocenters. The van der Waals surface area contributed by atoms with E-state index in [-0.39, 0.29) is 11.9 Å². The molecule has 1 fully saturated rings. The third-order valence-electron chi connectivity index (χ3n) is 4.78. The van der Waals surface area contributed by atoms with E-state index in [1.54, 1.807) is 29.8 Å². The number of carbonyl (C=O) groups excluding carboxylic acids is 1. The SMILES string of the molecule is Cc1nnc(-c2cccc(NC(=O)[C@@H]3CCCCN3Cc3ncccn3)c2)s1. The van der Waals surface area contributed by atoms with Crippen molar-refractivity contribution in [3.63, 3.8) is 0 Å². The summed E-state index contributed by atoms with van der Waals surface area (Å²) in [6, 6.07) is 9.39. The second-order valence-electron chi connectivity index (χ2n) is 6.84. The topological polar surface area (TPSA) is 83.9 Å². The van der Waals surface area contributed by atoms with Crippen LogP contribution in [-0.2, 0) is 11.3 Å². The van der Waals surface area contributed by atoms with Gasteiger partial charge in [-0.15, -0.1) is 10.2 Å². The number of nitrogens with zero attached hydrogens (tertiary/aromatic N) is 5. The van der Waals surface area contributed by atoms with Gasteiger partial charge in [0.15, 0.2) is 0 Å². The van der Waals surface area contributed by atoms with Gasteiger partial charge in [0.1, 0.15) is 15.8 Å². The molecule has 1 saturated heterocycles. The fraction of sp³-hybridized carbons (Fsp3) is 0.350. The second kappa shape index (κ2) is 8.53. The van der Waals surface area contributed by atoms with Crippen LogP contribution in [0.25, 0.3) is 10.6 Å². The van der Waals surface area contributed by atoms with Crippen LogP contribution < -0.4 is 5.32 Å². The Morgan fingerprint density at radius 3 is 2.86 bits per heavy atom. The summed E-state index contributed by atoms with van der Waals surface area (Å²) in [4.78, 5) is 23.8. The molecule has 0 aliphatic carbocycles. The highest BCUT2D eigenvalue weighted by molar-refractivity contribution is 7.14. The Morgan fingerprint density at radius 1 is 1.21 bits per heavy atom. The van der Waals surface area contributed by atoms with Crippen molar-refractivity contribution in [1.82, 2.24) is 25.1 Å². The molecule has 1 aliphatic heterocycles. The molecule has 28 heavy (non-hydrogen) atoms. The van der Waals surface area contributed by atoms with E-state index in [2.05, 4.69) is 30.4 Å². The Bertz CT molecular complexity index is 945. The molecule has 7 nitrogen and oxygen atoms in total. The van der Waals surface area contributed by atoms with E-state index in [9.17, 15) is 4.79 Å². The summed E-state index contributed by atoms with van der Waals surface area (Å²) in [5.74, 6) is 0.761. The fourth-order valence-corrected chi connectivity index (χ4v) is 4.13. The van der Waals surface area contributed by atoms with Crippen LogP contribution in [0.3, 0.4) is 0 Å². The minimum absolute atomic E-state index is 0.0150. The highest BCUT2D eigenvalue weighted by Crippen LogP contribution is 2.26. The lowest BCUT2D eigenvalue weighted by molar-refractivity contribution is -0.122. The quantitative estimate of drug-likeness (QED) is 0.715. The van der Waals surface area contributed by atoms with Gasteiger partial charge in [-0.05, 0) is 44.5 Å². The van der Waals surface area contributed by atoms with Gasteiger partial charge in [-0.2, -0.15) is 0 Å². The molecule has 8 heteroatoms. The van der Waals surface area contributed by atoms with Gasteiger partial charge < -0.3 is 5.32 Å². The maximum Gasteiger partial charge on any atom is 0.241 e. The number of anilines is 1. The maximum atomic E-state index is 13.0. The third-order valence-corrected chi connectivity index (χ3v) is 5.67. The predicted molar refractivity (Wildman–Crippen MR) is 109 cm³/mol. The van der Waals surface area contributed by atoms with Crippen molar-refractivity contribution in [2.75, 3.05) is 11.9 Å². The van der Waals surface area contributed by atoms with E-state index in [0.29, 0.717) is 6.54 Å². The number of hydrogen-bond acceptors (Lipinski definition) is 7. The number of aromatic nitrogens is 4. The first-order valence-electron chi connectivity index (χ1n) is 9.40. The molecule has 1 aromatic carbocycles. The summed E-state index contributed by atoms with van der Waals surface area (Å²) in [5, 5.41) is 13.1. The lowest BCUT2D eigenvalue weighted by atomic mass is 10.0. The summed E-state index contributed by atoms with van der Waals surface area (Å²) in [5.41, 5.74) is 1.73. The first-order chi connectivity index (χ1) is 13.7. The minimum atomic E-state index is -0.176. The van der Waals surface area contributed by atoms with Crippen LogP contribution in [0.4, 0.5) is 5.69 Å². The number of aryl methyl sites for hydroxylation is 1. The van der Waals surface area contributed by atoms with E-state index in [1.165, 1.54) is 0 Å². The molecule has 0 saturated carbocycles. The van der Waals surface area contributed by atoms with E-state index in [0.717, 1.165) is 52.9 Å². The molecule has 1 aliphatic rings. The summed E-state index contributed by atoms with van der Waals surface area (Å²) in [7, 11) is 0. The van der Waals surface area contributed by atoms with Crippen molar-refractivity contribution in [2.45, 2.75) is 38.8 Å². The van der Waals surface area contributed by atoms with Gasteiger partial charge in [-0.3, -0.25) is 9.69 Å². The minimum Gasteiger partial charge on any atom is -0.325 e. The summed E-state index contributed by atoms with van der Waals surface area (Å²) in [6.07, 6.45) is 6.45. The Morgan fingerprint density at radius 2 is 2.07 bits per heavy atom. The van der Waals surface area contributed by atoms with E-state index in [1.807, 2.05) is 31.2 Å². The number of nitrogens with one attached hydrogen (secondary N) is 1. The molecule has 1 N–H and O–H groups in total. The third kappa shape index (κ3) is 4.40. The van der Waals surface area contributed by atoms with Crippen LogP contribution in [0.5, 0.6) is 0 Å². The van der Waals surface area contributed by atoms with Crippen LogP contribution in [0.1, 0.15) is 30.1 Å². The molecule has 144 valence electrons. The van der Waals surface area contributed by atoms with Crippen LogP contribution in [0.15, 0.2) is 42.7 Å². The standard InChI is InChI=1S/C20H22N6OS/c1-14-24-25-20(28-14)15-6-4-7-16(12-15)23-19(27)17-8-2-3-11-26(17)13-18-21-9-5-10-22-18/h4-7,9-10,12,17H,2-3,8,11,13H2,1H3,(H,23,27)/t17-/m0/s1. The zero-order chi connectivity index (χ0) is 19.3. The van der Waals surface area contributed by atoms with E-state index in [4.69, 9.17) is 0 Å². The highest BCUT2D eigenvalue weighted by Gasteiger charge is 2.29. The Labute approximate surface area is 167 Å². The van der Waals surface area contributed by atoms with E-state index < -0.39 is 0 Å². The molecule has 0 bridgehead atoms. The average Bonchev–Trinajstić information content (AvgIpc) is 3.16. The molecular weight excluding hydrogens is 372 g/mol. The number of amides is 1. The van der Waals surface area contributed by atoms with E-state index >= 15 is 0 Å². The largest absolute Gasteiger partial charge is 0.325 e. The molecule has 3 aromatic rings. The molecular formula is C20H22N6OS. The number of rotatable bonds is 5. The van der Waals surface area contributed by atoms with Crippen LogP contribution in [0.2, 0.25) is 0 Å². The Balaban J connectivity index is 1.47. The van der Waals surface area contributed by atoms with Gasteiger partial charge in [0, 0.05) is 23.6 Å². The lowest BCUT2D eigenvalue weighted by Crippen LogP contribution is -2.46. The molecule has 3 heterocycles. The monoisotopic (exact) mass is 394 g/mol. The first-order valence-corrected chi connectivity index (χ1v) is 10.2. The Kier molecular flexibility index (Phi) is 5.68. The van der Waals surface area contributed by atoms with Crippen molar-refractivity contribution >= 4 is 22.9 Å². The normalized spacial score (nSPS) is 17.4.